The van der Waals surface area contributed by atoms with Gasteiger partial charge in [0.1, 0.15) is 5.54 Å². The summed E-state index contributed by atoms with van der Waals surface area (Å²) in [7, 11) is 0. The van der Waals surface area contributed by atoms with Gasteiger partial charge in [-0.05, 0) is 50.6 Å². The number of carboxylic acids is 1. The van der Waals surface area contributed by atoms with Crippen LogP contribution in [0.4, 0.5) is 0 Å². The zero-order valence-electron chi connectivity index (χ0n) is 11.7. The van der Waals surface area contributed by atoms with E-state index in [0.717, 1.165) is 38.8 Å². The van der Waals surface area contributed by atoms with Crippen molar-refractivity contribution in [3.63, 3.8) is 0 Å². The van der Waals surface area contributed by atoms with E-state index < -0.39 is 11.5 Å². The number of nitrogens with zero attached hydrogens (tertiary/aromatic N) is 1. The van der Waals surface area contributed by atoms with Gasteiger partial charge in [-0.1, -0.05) is 27.7 Å². The highest BCUT2D eigenvalue weighted by atomic mass is 16.4. The van der Waals surface area contributed by atoms with Crippen molar-refractivity contribution in [2.45, 2.75) is 58.9 Å². The first-order valence-electron chi connectivity index (χ1n) is 6.87. The first-order chi connectivity index (χ1) is 7.88. The number of rotatable bonds is 6. The molecule has 17 heavy (non-hydrogen) atoms. The number of hydrogen-bond acceptors (Lipinski definition) is 2. The molecular formula is C14H27NO2. The lowest BCUT2D eigenvalue weighted by Gasteiger charge is -2.40. The van der Waals surface area contributed by atoms with Gasteiger partial charge in [0, 0.05) is 0 Å². The topological polar surface area (TPSA) is 40.5 Å². The van der Waals surface area contributed by atoms with E-state index in [1.54, 1.807) is 0 Å². The summed E-state index contributed by atoms with van der Waals surface area (Å²) < 4.78 is 0. The Morgan fingerprint density at radius 3 is 1.82 bits per heavy atom. The van der Waals surface area contributed by atoms with Crippen molar-refractivity contribution in [2.24, 2.45) is 11.8 Å². The van der Waals surface area contributed by atoms with Crippen LogP contribution >= 0.6 is 0 Å². The molecule has 0 aromatic heterocycles. The fourth-order valence-corrected chi connectivity index (χ4v) is 3.15. The second kappa shape index (κ2) is 5.85. The van der Waals surface area contributed by atoms with Crippen molar-refractivity contribution in [1.82, 2.24) is 4.90 Å². The quantitative estimate of drug-likeness (QED) is 0.777. The van der Waals surface area contributed by atoms with Crippen LogP contribution < -0.4 is 0 Å². The molecule has 0 aromatic rings. The van der Waals surface area contributed by atoms with Crippen LogP contribution in [-0.4, -0.2) is 34.6 Å². The molecule has 0 atom stereocenters. The number of hydrogen-bond donors (Lipinski definition) is 1. The molecule has 1 fully saturated rings. The zero-order valence-corrected chi connectivity index (χ0v) is 11.7. The molecule has 0 bridgehead atoms. The maximum Gasteiger partial charge on any atom is 0.324 e. The first kappa shape index (κ1) is 14.5. The smallest absolute Gasteiger partial charge is 0.324 e. The molecule has 1 rings (SSSR count). The normalized spacial score (nSPS) is 18.2. The van der Waals surface area contributed by atoms with Crippen molar-refractivity contribution < 1.29 is 9.90 Å². The van der Waals surface area contributed by atoms with Crippen LogP contribution in [0.25, 0.3) is 0 Å². The average Bonchev–Trinajstić information content (AvgIpc) is 2.67. The van der Waals surface area contributed by atoms with E-state index in [0.29, 0.717) is 11.8 Å². The molecular weight excluding hydrogens is 214 g/mol. The van der Waals surface area contributed by atoms with Gasteiger partial charge in [-0.3, -0.25) is 9.69 Å². The molecule has 1 aliphatic heterocycles. The molecule has 0 aromatic carbocycles. The van der Waals surface area contributed by atoms with Crippen LogP contribution in [0.1, 0.15) is 53.4 Å². The Balaban J connectivity index is 2.95. The van der Waals surface area contributed by atoms with Gasteiger partial charge in [-0.15, -0.1) is 0 Å². The Bertz CT molecular complexity index is 245. The van der Waals surface area contributed by atoms with Crippen LogP contribution in [0.15, 0.2) is 0 Å². The highest BCUT2D eigenvalue weighted by molar-refractivity contribution is 5.79. The Morgan fingerprint density at radius 1 is 1.12 bits per heavy atom. The largest absolute Gasteiger partial charge is 0.480 e. The van der Waals surface area contributed by atoms with Crippen molar-refractivity contribution >= 4 is 5.97 Å². The van der Waals surface area contributed by atoms with Gasteiger partial charge >= 0.3 is 5.97 Å². The molecule has 1 aliphatic rings. The van der Waals surface area contributed by atoms with Gasteiger partial charge in [-0.25, -0.2) is 0 Å². The van der Waals surface area contributed by atoms with E-state index in [1.165, 1.54) is 0 Å². The molecule has 3 nitrogen and oxygen atoms in total. The maximum absolute atomic E-state index is 11.8. The number of aliphatic carboxylic acids is 1. The summed E-state index contributed by atoms with van der Waals surface area (Å²) in [5, 5.41) is 9.74. The minimum Gasteiger partial charge on any atom is -0.480 e. The lowest BCUT2D eigenvalue weighted by molar-refractivity contribution is -0.153. The predicted octanol–water partition coefficient (Wildman–Crippen LogP) is 3.00. The molecule has 0 aliphatic carbocycles. The monoisotopic (exact) mass is 241 g/mol. The Kier molecular flexibility index (Phi) is 4.99. The van der Waals surface area contributed by atoms with E-state index in [1.807, 2.05) is 0 Å². The second-order valence-corrected chi connectivity index (χ2v) is 6.23. The van der Waals surface area contributed by atoms with E-state index in [4.69, 9.17) is 0 Å². The summed E-state index contributed by atoms with van der Waals surface area (Å²) in [5.41, 5.74) is -0.626. The third-order valence-electron chi connectivity index (χ3n) is 3.60. The number of carboxylic acid groups (broad SMARTS) is 1. The third kappa shape index (κ3) is 3.44. The molecule has 0 radical (unpaired) electrons. The van der Waals surface area contributed by atoms with Crippen LogP contribution in [0, 0.1) is 11.8 Å². The molecule has 0 spiro atoms. The van der Waals surface area contributed by atoms with Crippen molar-refractivity contribution in [2.75, 3.05) is 13.1 Å². The third-order valence-corrected chi connectivity index (χ3v) is 3.60. The summed E-state index contributed by atoms with van der Waals surface area (Å²) in [5.74, 6) is 0.220. The van der Waals surface area contributed by atoms with Crippen LogP contribution in [0.3, 0.4) is 0 Å². The molecule has 0 unspecified atom stereocenters. The summed E-state index contributed by atoms with van der Waals surface area (Å²) in [6.07, 6.45) is 3.82. The second-order valence-electron chi connectivity index (χ2n) is 6.23. The van der Waals surface area contributed by atoms with Gasteiger partial charge in [0.15, 0.2) is 0 Å². The minimum absolute atomic E-state index is 0.422. The van der Waals surface area contributed by atoms with Crippen molar-refractivity contribution in [1.29, 1.82) is 0 Å². The highest BCUT2D eigenvalue weighted by Gasteiger charge is 2.45. The molecule has 100 valence electrons. The molecule has 3 heteroatoms. The summed E-state index contributed by atoms with van der Waals surface area (Å²) >= 11 is 0. The molecule has 0 saturated carbocycles. The lowest BCUT2D eigenvalue weighted by Crippen LogP contribution is -2.55. The van der Waals surface area contributed by atoms with Gasteiger partial charge < -0.3 is 5.11 Å². The summed E-state index contributed by atoms with van der Waals surface area (Å²) in [6.45, 7) is 10.4. The van der Waals surface area contributed by atoms with Crippen LogP contribution in [0.5, 0.6) is 0 Å². The lowest BCUT2D eigenvalue weighted by atomic mass is 9.80. The molecule has 1 heterocycles. The molecule has 1 saturated heterocycles. The number of carbonyl (C=O) groups is 1. The van der Waals surface area contributed by atoms with Crippen molar-refractivity contribution in [3.05, 3.63) is 0 Å². The van der Waals surface area contributed by atoms with Crippen LogP contribution in [0.2, 0.25) is 0 Å². The van der Waals surface area contributed by atoms with Crippen molar-refractivity contribution in [3.8, 4) is 0 Å². The van der Waals surface area contributed by atoms with E-state index in [2.05, 4.69) is 32.6 Å². The van der Waals surface area contributed by atoms with Gasteiger partial charge in [0.2, 0.25) is 0 Å². The Hall–Kier alpha value is -0.570. The maximum atomic E-state index is 11.8. The minimum atomic E-state index is -0.626. The van der Waals surface area contributed by atoms with Gasteiger partial charge in [0.05, 0.1) is 0 Å². The fraction of sp³-hybridized carbons (Fsp3) is 0.929. The van der Waals surface area contributed by atoms with Crippen LogP contribution in [-0.2, 0) is 4.79 Å². The highest BCUT2D eigenvalue weighted by Crippen LogP contribution is 2.34. The molecule has 1 N–H and O–H groups in total. The number of likely N-dealkylation sites (tertiary alicyclic amines) is 1. The Labute approximate surface area is 105 Å². The summed E-state index contributed by atoms with van der Waals surface area (Å²) in [4.78, 5) is 14.1. The SMILES string of the molecule is CC(C)CC(CC(C)C)(C(=O)O)N1CCCC1. The predicted molar refractivity (Wildman–Crippen MR) is 70.1 cm³/mol. The standard InChI is InChI=1S/C14H27NO2/c1-11(2)9-14(13(16)17,10-12(3)4)15-7-5-6-8-15/h11-12H,5-10H2,1-4H3,(H,16,17). The zero-order chi connectivity index (χ0) is 13.1. The average molecular weight is 241 g/mol. The van der Waals surface area contributed by atoms with E-state index in [9.17, 15) is 9.90 Å². The molecule has 0 amide bonds. The Morgan fingerprint density at radius 2 is 1.53 bits per heavy atom. The summed E-state index contributed by atoms with van der Waals surface area (Å²) in [6, 6.07) is 0. The van der Waals surface area contributed by atoms with Gasteiger partial charge in [0.25, 0.3) is 0 Å². The van der Waals surface area contributed by atoms with E-state index >= 15 is 0 Å². The van der Waals surface area contributed by atoms with Gasteiger partial charge in [-0.2, -0.15) is 0 Å². The first-order valence-corrected chi connectivity index (χ1v) is 6.87. The fourth-order valence-electron chi connectivity index (χ4n) is 3.15. The van der Waals surface area contributed by atoms with E-state index in [-0.39, 0.29) is 0 Å².